The molecule has 122 valence electrons. The van der Waals surface area contributed by atoms with Crippen LogP contribution in [-0.4, -0.2) is 72.9 Å². The number of nitrogens with zero attached hydrogens (tertiary/aromatic N) is 2. The molecule has 0 unspecified atom stereocenters. The van der Waals surface area contributed by atoms with Gasteiger partial charge in [-0.2, -0.15) is 0 Å². The van der Waals surface area contributed by atoms with Gasteiger partial charge in [0.25, 0.3) is 0 Å². The van der Waals surface area contributed by atoms with Crippen molar-refractivity contribution < 1.29 is 61.3 Å². The van der Waals surface area contributed by atoms with Crippen LogP contribution in [0, 0.1) is 0 Å². The van der Waals surface area contributed by atoms with Crippen LogP contribution in [-0.2, 0) is 40.9 Å². The molecule has 0 heterocycles. The van der Waals surface area contributed by atoms with Gasteiger partial charge in [0, 0.05) is 39.3 Å². The first-order valence-corrected chi connectivity index (χ1v) is 5.44. The molecule has 0 aromatic carbocycles. The largest absolute Gasteiger partial charge is 4.00 e. The molecule has 0 spiro atoms. The third-order valence-electron chi connectivity index (χ3n) is 2.14. The molecule has 0 amide bonds. The summed E-state index contributed by atoms with van der Waals surface area (Å²) >= 11 is 0. The molecule has 0 aromatic heterocycles. The number of rotatable bonds is 11. The first-order chi connectivity index (χ1) is 9.20. The summed E-state index contributed by atoms with van der Waals surface area (Å²) in [5.41, 5.74) is 0. The number of hydrogen-bond donors (Lipinski definition) is 1. The smallest absolute Gasteiger partial charge is 0.549 e. The fourth-order valence-electron chi connectivity index (χ4n) is 1.44. The summed E-state index contributed by atoms with van der Waals surface area (Å²) in [5.74, 6) is -6.12. The summed E-state index contributed by atoms with van der Waals surface area (Å²) in [5, 5.41) is 41.6. The zero-order chi connectivity index (χ0) is 15.7. The van der Waals surface area contributed by atoms with Crippen molar-refractivity contribution in [3.8, 4) is 0 Å². The van der Waals surface area contributed by atoms with Crippen LogP contribution in [0.15, 0.2) is 0 Å². The zero-order valence-electron chi connectivity index (χ0n) is 11.6. The molecule has 0 bridgehead atoms. The second-order valence-corrected chi connectivity index (χ2v) is 3.91. The van der Waals surface area contributed by atoms with Gasteiger partial charge in [0.15, 0.2) is 0 Å². The average Bonchev–Trinajstić information content (AvgIpc) is 2.22. The van der Waals surface area contributed by atoms with Gasteiger partial charge >= 0.3 is 21.7 Å². The molecule has 0 aliphatic rings. The second kappa shape index (κ2) is 13.2. The Bertz CT molecular complexity index is 324. The number of carboxylic acids is 4. The van der Waals surface area contributed by atoms with Crippen LogP contribution in [0.3, 0.4) is 0 Å². The number of carbonyl (C=O) groups is 4. The Morgan fingerprint density at radius 3 is 0.909 bits per heavy atom. The SMILES string of the molecule is N.O=C([O-])CN(CCN(CC(=O)[O-])CC(=O)[O-])CC(=O)[O-].[Ti+4]. The van der Waals surface area contributed by atoms with Crippen LogP contribution in [0.5, 0.6) is 0 Å². The Morgan fingerprint density at radius 1 is 0.591 bits per heavy atom. The number of aliphatic carboxylic acids is 4. The van der Waals surface area contributed by atoms with Crippen molar-refractivity contribution in [2.24, 2.45) is 0 Å². The monoisotopic (exact) mass is 353 g/mol. The molecule has 11 nitrogen and oxygen atoms in total. The first-order valence-electron chi connectivity index (χ1n) is 5.44. The van der Waals surface area contributed by atoms with Gasteiger partial charge in [0.05, 0.1) is 23.9 Å². The topological polar surface area (TPSA) is 202 Å². The van der Waals surface area contributed by atoms with E-state index in [-0.39, 0.29) is 41.0 Å². The van der Waals surface area contributed by atoms with Crippen molar-refractivity contribution in [2.45, 2.75) is 0 Å². The molecule has 0 saturated heterocycles. The van der Waals surface area contributed by atoms with Gasteiger partial charge in [-0.3, -0.25) is 9.80 Å². The molecule has 22 heavy (non-hydrogen) atoms. The van der Waals surface area contributed by atoms with Crippen LogP contribution in [0.1, 0.15) is 0 Å². The van der Waals surface area contributed by atoms with E-state index in [0.717, 1.165) is 9.80 Å². The Hall–Kier alpha value is -1.53. The molecule has 0 saturated carbocycles. The average molecular weight is 353 g/mol. The summed E-state index contributed by atoms with van der Waals surface area (Å²) in [6.45, 7) is -3.25. The maximum absolute atomic E-state index is 10.4. The predicted molar refractivity (Wildman–Crippen MR) is 57.9 cm³/mol. The number of carboxylic acid groups (broad SMARTS) is 4. The molecule has 3 N–H and O–H groups in total. The minimum Gasteiger partial charge on any atom is -0.549 e. The molecule has 0 fully saturated rings. The molecular weight excluding hydrogens is 338 g/mol. The summed E-state index contributed by atoms with van der Waals surface area (Å²) in [6, 6.07) is 0. The Morgan fingerprint density at radius 2 is 0.773 bits per heavy atom. The van der Waals surface area contributed by atoms with E-state index in [4.69, 9.17) is 0 Å². The van der Waals surface area contributed by atoms with Crippen molar-refractivity contribution in [1.82, 2.24) is 16.0 Å². The van der Waals surface area contributed by atoms with Crippen molar-refractivity contribution in [2.75, 3.05) is 39.3 Å². The molecule has 0 rings (SSSR count). The third kappa shape index (κ3) is 14.9. The fraction of sp³-hybridized carbons (Fsp3) is 0.600. The van der Waals surface area contributed by atoms with Gasteiger partial charge in [0.2, 0.25) is 0 Å². The summed E-state index contributed by atoms with van der Waals surface area (Å²) in [4.78, 5) is 43.4. The predicted octanol–water partition coefficient (Wildman–Crippen LogP) is -7.25. The van der Waals surface area contributed by atoms with E-state index < -0.39 is 50.1 Å². The van der Waals surface area contributed by atoms with Crippen LogP contribution in [0.4, 0.5) is 0 Å². The van der Waals surface area contributed by atoms with Crippen molar-refractivity contribution in [1.29, 1.82) is 0 Å². The van der Waals surface area contributed by atoms with Crippen molar-refractivity contribution in [3.05, 3.63) is 0 Å². The third-order valence-corrected chi connectivity index (χ3v) is 2.14. The molecule has 12 heteroatoms. The quantitative estimate of drug-likeness (QED) is 0.346. The maximum Gasteiger partial charge on any atom is 4.00 e. The molecule has 0 radical (unpaired) electrons. The number of hydrogen-bond acceptors (Lipinski definition) is 11. The Balaban J connectivity index is -0.00000180. The van der Waals surface area contributed by atoms with E-state index in [9.17, 15) is 39.6 Å². The van der Waals surface area contributed by atoms with E-state index in [0.29, 0.717) is 0 Å². The van der Waals surface area contributed by atoms with Crippen LogP contribution in [0.25, 0.3) is 0 Å². The molecule has 0 atom stereocenters. The zero-order valence-corrected chi connectivity index (χ0v) is 13.2. The minimum absolute atomic E-state index is 0. The van der Waals surface area contributed by atoms with Gasteiger partial charge < -0.3 is 45.8 Å². The summed E-state index contributed by atoms with van der Waals surface area (Å²) in [6.07, 6.45) is 0. The molecule has 0 aromatic rings. The van der Waals surface area contributed by atoms with E-state index in [2.05, 4.69) is 0 Å². The first kappa shape index (κ1) is 25.4. The Kier molecular flexibility index (Phi) is 15.2. The van der Waals surface area contributed by atoms with E-state index >= 15 is 0 Å². The minimum atomic E-state index is -1.53. The normalized spacial score (nSPS) is 9.73. The van der Waals surface area contributed by atoms with E-state index in [1.807, 2.05) is 0 Å². The van der Waals surface area contributed by atoms with Gasteiger partial charge in [-0.25, -0.2) is 0 Å². The summed E-state index contributed by atoms with van der Waals surface area (Å²) in [7, 11) is 0. The van der Waals surface area contributed by atoms with Gasteiger partial charge in [0.1, 0.15) is 0 Å². The molecule has 0 aliphatic carbocycles. The number of carbonyl (C=O) groups excluding carboxylic acids is 4. The standard InChI is InChI=1S/C10H16N2O8.H3N.Ti/c13-7(14)3-11(4-8(15)16)1-2-12(5-9(17)18)6-10(19)20;;/h1-6H2,(H,13,14)(H,15,16)(H,17,18)(H,19,20);1H3;/q;;+4/p-4. The molecular formula is C10H15N3O8Ti. The molecule has 0 aliphatic heterocycles. The van der Waals surface area contributed by atoms with Crippen molar-refractivity contribution in [3.63, 3.8) is 0 Å². The fourth-order valence-corrected chi connectivity index (χ4v) is 1.44. The van der Waals surface area contributed by atoms with Gasteiger partial charge in [-0.05, 0) is 0 Å². The van der Waals surface area contributed by atoms with Crippen LogP contribution in [0.2, 0.25) is 0 Å². The Labute approximate surface area is 141 Å². The van der Waals surface area contributed by atoms with Crippen LogP contribution >= 0.6 is 0 Å². The van der Waals surface area contributed by atoms with E-state index in [1.165, 1.54) is 0 Å². The van der Waals surface area contributed by atoms with Crippen LogP contribution < -0.4 is 26.6 Å². The van der Waals surface area contributed by atoms with Gasteiger partial charge in [-0.15, -0.1) is 0 Å². The van der Waals surface area contributed by atoms with Crippen molar-refractivity contribution >= 4 is 23.9 Å². The maximum atomic E-state index is 10.4. The summed E-state index contributed by atoms with van der Waals surface area (Å²) < 4.78 is 0. The van der Waals surface area contributed by atoms with Gasteiger partial charge in [-0.1, -0.05) is 0 Å². The van der Waals surface area contributed by atoms with E-state index in [1.54, 1.807) is 0 Å². The second-order valence-electron chi connectivity index (χ2n) is 3.91.